The second kappa shape index (κ2) is 10.3. The van der Waals surface area contributed by atoms with Crippen molar-refractivity contribution in [2.45, 2.75) is 22.2 Å². The zero-order chi connectivity index (χ0) is 18.9. The number of ether oxygens (including phenoxy) is 1. The molecule has 1 heterocycles. The molecular weight excluding hydrogens is 398 g/mol. The van der Waals surface area contributed by atoms with Crippen LogP contribution in [0.15, 0.2) is 63.3 Å². The molecule has 27 heavy (non-hydrogen) atoms. The van der Waals surface area contributed by atoms with Gasteiger partial charge >= 0.3 is 0 Å². The van der Waals surface area contributed by atoms with E-state index >= 15 is 0 Å². The molecule has 3 rings (SSSR count). The molecule has 0 atom stereocenters. The minimum absolute atomic E-state index is 0.0714. The number of amides is 1. The Morgan fingerprint density at radius 1 is 1.04 bits per heavy atom. The Morgan fingerprint density at radius 2 is 1.74 bits per heavy atom. The van der Waals surface area contributed by atoms with Crippen molar-refractivity contribution in [3.63, 3.8) is 0 Å². The molecule has 8 heteroatoms. The van der Waals surface area contributed by atoms with Gasteiger partial charge in [-0.2, -0.15) is 0 Å². The first-order valence-electron chi connectivity index (χ1n) is 8.38. The number of nitrogens with one attached hydrogen (secondary N) is 1. The summed E-state index contributed by atoms with van der Waals surface area (Å²) in [5, 5.41) is 11.0. The van der Waals surface area contributed by atoms with Gasteiger partial charge in [-0.3, -0.25) is 4.79 Å². The average molecular weight is 418 g/mol. The number of nitrogens with zero attached hydrogens (tertiary/aromatic N) is 2. The topological polar surface area (TPSA) is 64.1 Å². The van der Waals surface area contributed by atoms with E-state index in [1.165, 1.54) is 23.1 Å². The van der Waals surface area contributed by atoms with Crippen LogP contribution in [-0.2, 0) is 11.4 Å². The van der Waals surface area contributed by atoms with Gasteiger partial charge in [0.15, 0.2) is 8.68 Å². The zero-order valence-electron chi connectivity index (χ0n) is 14.8. The quantitative estimate of drug-likeness (QED) is 0.497. The van der Waals surface area contributed by atoms with Crippen molar-refractivity contribution >= 4 is 46.5 Å². The summed E-state index contributed by atoms with van der Waals surface area (Å²) in [5.41, 5.74) is 1.86. The van der Waals surface area contributed by atoms with Crippen LogP contribution in [-0.4, -0.2) is 27.6 Å². The van der Waals surface area contributed by atoms with E-state index < -0.39 is 0 Å². The average Bonchev–Trinajstić information content (AvgIpc) is 3.15. The SMILES string of the molecule is CCSc1nnc(SCC(=O)Nc2ccc(OCc3ccccc3)cc2)s1. The van der Waals surface area contributed by atoms with Crippen molar-refractivity contribution in [1.29, 1.82) is 0 Å². The molecule has 1 aromatic heterocycles. The highest BCUT2D eigenvalue weighted by Crippen LogP contribution is 2.28. The van der Waals surface area contributed by atoms with E-state index in [0.29, 0.717) is 12.4 Å². The molecule has 0 aliphatic carbocycles. The van der Waals surface area contributed by atoms with Crippen LogP contribution in [0.5, 0.6) is 5.75 Å². The number of benzene rings is 2. The smallest absolute Gasteiger partial charge is 0.234 e. The fraction of sp³-hybridized carbons (Fsp3) is 0.211. The first kappa shape index (κ1) is 19.7. The van der Waals surface area contributed by atoms with Crippen LogP contribution >= 0.6 is 34.9 Å². The lowest BCUT2D eigenvalue weighted by Crippen LogP contribution is -2.13. The van der Waals surface area contributed by atoms with Crippen LogP contribution in [0.25, 0.3) is 0 Å². The third-order valence-electron chi connectivity index (χ3n) is 3.37. The van der Waals surface area contributed by atoms with Gasteiger partial charge in [0.2, 0.25) is 5.91 Å². The van der Waals surface area contributed by atoms with Crippen molar-refractivity contribution in [2.24, 2.45) is 0 Å². The number of hydrogen-bond acceptors (Lipinski definition) is 7. The van der Waals surface area contributed by atoms with Gasteiger partial charge in [0.05, 0.1) is 5.75 Å². The van der Waals surface area contributed by atoms with Gasteiger partial charge in [0.1, 0.15) is 12.4 Å². The maximum atomic E-state index is 12.1. The highest BCUT2D eigenvalue weighted by Gasteiger charge is 2.08. The molecule has 0 fully saturated rings. The molecule has 1 N–H and O–H groups in total. The molecule has 3 aromatic rings. The molecule has 0 saturated heterocycles. The van der Waals surface area contributed by atoms with Crippen molar-refractivity contribution in [3.05, 3.63) is 60.2 Å². The van der Waals surface area contributed by atoms with Crippen LogP contribution in [0.4, 0.5) is 5.69 Å². The molecule has 0 aliphatic rings. The highest BCUT2D eigenvalue weighted by atomic mass is 32.2. The lowest BCUT2D eigenvalue weighted by molar-refractivity contribution is -0.113. The van der Waals surface area contributed by atoms with Gasteiger partial charge in [-0.1, -0.05) is 72.1 Å². The van der Waals surface area contributed by atoms with Crippen molar-refractivity contribution in [1.82, 2.24) is 10.2 Å². The lowest BCUT2D eigenvalue weighted by Gasteiger charge is -2.08. The molecule has 5 nitrogen and oxygen atoms in total. The molecule has 2 aromatic carbocycles. The van der Waals surface area contributed by atoms with Gasteiger partial charge in [-0.15, -0.1) is 10.2 Å². The first-order chi connectivity index (χ1) is 13.2. The second-order valence-electron chi connectivity index (χ2n) is 5.40. The van der Waals surface area contributed by atoms with Gasteiger partial charge in [-0.25, -0.2) is 0 Å². The van der Waals surface area contributed by atoms with Crippen molar-refractivity contribution < 1.29 is 9.53 Å². The summed E-state index contributed by atoms with van der Waals surface area (Å²) in [7, 11) is 0. The van der Waals surface area contributed by atoms with E-state index in [-0.39, 0.29) is 5.91 Å². The summed E-state index contributed by atoms with van der Waals surface area (Å²) in [6.45, 7) is 2.59. The third-order valence-corrected chi connectivity index (χ3v) is 6.44. The van der Waals surface area contributed by atoms with Gasteiger partial charge in [-0.05, 0) is 35.6 Å². The number of carbonyl (C=O) groups is 1. The van der Waals surface area contributed by atoms with E-state index in [4.69, 9.17) is 4.74 Å². The summed E-state index contributed by atoms with van der Waals surface area (Å²) in [4.78, 5) is 12.1. The standard InChI is InChI=1S/C19H19N3O2S3/c1-2-25-18-21-22-19(27-18)26-13-17(23)20-15-8-10-16(11-9-15)24-12-14-6-4-3-5-7-14/h3-11H,2,12-13H2,1H3,(H,20,23). The van der Waals surface area contributed by atoms with Crippen LogP contribution in [0, 0.1) is 0 Å². The molecule has 0 bridgehead atoms. The Bertz CT molecular complexity index is 854. The summed E-state index contributed by atoms with van der Waals surface area (Å²) in [6, 6.07) is 17.4. The molecule has 0 unspecified atom stereocenters. The number of rotatable bonds is 9. The number of thioether (sulfide) groups is 2. The Balaban J connectivity index is 1.43. The zero-order valence-corrected chi connectivity index (χ0v) is 17.2. The Hall–Kier alpha value is -2.03. The largest absolute Gasteiger partial charge is 0.489 e. The second-order valence-corrected chi connectivity index (χ2v) is 9.11. The predicted molar refractivity (Wildman–Crippen MR) is 113 cm³/mol. The summed E-state index contributed by atoms with van der Waals surface area (Å²) in [6.07, 6.45) is 0. The molecular formula is C19H19N3O2S3. The monoisotopic (exact) mass is 417 g/mol. The molecule has 0 spiro atoms. The van der Waals surface area contributed by atoms with Gasteiger partial charge in [0, 0.05) is 5.69 Å². The predicted octanol–water partition coefficient (Wildman–Crippen LogP) is 4.96. The Morgan fingerprint density at radius 3 is 2.44 bits per heavy atom. The maximum absolute atomic E-state index is 12.1. The van der Waals surface area contributed by atoms with E-state index in [0.717, 1.165) is 31.4 Å². The van der Waals surface area contributed by atoms with Crippen molar-refractivity contribution in [2.75, 3.05) is 16.8 Å². The number of aromatic nitrogens is 2. The third kappa shape index (κ3) is 6.57. The number of hydrogen-bond donors (Lipinski definition) is 1. The minimum Gasteiger partial charge on any atom is -0.489 e. The van der Waals surface area contributed by atoms with Gasteiger partial charge in [0.25, 0.3) is 0 Å². The van der Waals surface area contributed by atoms with Crippen molar-refractivity contribution in [3.8, 4) is 5.75 Å². The first-order valence-corrected chi connectivity index (χ1v) is 11.2. The fourth-order valence-electron chi connectivity index (χ4n) is 2.14. The number of anilines is 1. The van der Waals surface area contributed by atoms with Crippen LogP contribution in [0.3, 0.4) is 0 Å². The molecule has 0 saturated carbocycles. The number of carbonyl (C=O) groups excluding carboxylic acids is 1. The van der Waals surface area contributed by atoms with Crippen LogP contribution in [0.1, 0.15) is 12.5 Å². The van der Waals surface area contributed by atoms with E-state index in [1.54, 1.807) is 11.8 Å². The molecule has 1 amide bonds. The summed E-state index contributed by atoms with van der Waals surface area (Å²) < 4.78 is 7.49. The highest BCUT2D eigenvalue weighted by molar-refractivity contribution is 8.03. The van der Waals surface area contributed by atoms with E-state index in [9.17, 15) is 4.79 Å². The minimum atomic E-state index is -0.0714. The lowest BCUT2D eigenvalue weighted by atomic mass is 10.2. The summed E-state index contributed by atoms with van der Waals surface area (Å²) in [5.74, 6) is 1.96. The van der Waals surface area contributed by atoms with Crippen LogP contribution in [0.2, 0.25) is 0 Å². The maximum Gasteiger partial charge on any atom is 0.234 e. The normalized spacial score (nSPS) is 10.6. The Kier molecular flexibility index (Phi) is 7.55. The Labute approximate surface area is 170 Å². The molecule has 140 valence electrons. The summed E-state index contributed by atoms with van der Waals surface area (Å²) >= 11 is 4.57. The fourth-order valence-corrected chi connectivity index (χ4v) is 4.85. The van der Waals surface area contributed by atoms with Crippen LogP contribution < -0.4 is 10.1 Å². The molecule has 0 radical (unpaired) electrons. The molecule has 0 aliphatic heterocycles. The van der Waals surface area contributed by atoms with E-state index in [2.05, 4.69) is 22.4 Å². The van der Waals surface area contributed by atoms with E-state index in [1.807, 2.05) is 54.6 Å². The van der Waals surface area contributed by atoms with Gasteiger partial charge < -0.3 is 10.1 Å².